The van der Waals surface area contributed by atoms with Crippen LogP contribution in [0.4, 0.5) is 5.69 Å². The Morgan fingerprint density at radius 3 is 2.70 bits per heavy atom. The molecule has 27 heavy (non-hydrogen) atoms. The van der Waals surface area contributed by atoms with E-state index in [2.05, 4.69) is 34.3 Å². The van der Waals surface area contributed by atoms with E-state index in [1.54, 1.807) is 31.4 Å². The topological polar surface area (TPSA) is 64.1 Å². The van der Waals surface area contributed by atoms with Gasteiger partial charge in [0.05, 0.1) is 18.3 Å². The van der Waals surface area contributed by atoms with Gasteiger partial charge in [-0.2, -0.15) is 0 Å². The van der Waals surface area contributed by atoms with Gasteiger partial charge in [-0.3, -0.25) is 4.79 Å². The number of ether oxygens (including phenoxy) is 1. The van der Waals surface area contributed by atoms with Crippen molar-refractivity contribution < 1.29 is 9.53 Å². The van der Waals surface area contributed by atoms with E-state index in [1.807, 2.05) is 12.1 Å². The zero-order chi connectivity index (χ0) is 19.2. The second kappa shape index (κ2) is 8.88. The first-order valence-corrected chi connectivity index (χ1v) is 9.58. The molecule has 5 nitrogen and oxygen atoms in total. The van der Waals surface area contributed by atoms with Crippen molar-refractivity contribution in [3.05, 3.63) is 76.6 Å². The Morgan fingerprint density at radius 1 is 1.22 bits per heavy atom. The minimum absolute atomic E-state index is 0.147. The number of nitrogens with one attached hydrogen (secondary N) is 1. The van der Waals surface area contributed by atoms with Crippen LogP contribution in [0.3, 0.4) is 0 Å². The Bertz CT molecular complexity index is 948. The summed E-state index contributed by atoms with van der Waals surface area (Å²) >= 11 is 7.58. The van der Waals surface area contributed by atoms with E-state index >= 15 is 0 Å². The number of amides is 1. The molecule has 1 aromatic heterocycles. The van der Waals surface area contributed by atoms with Gasteiger partial charge in [0.15, 0.2) is 10.9 Å². The molecule has 1 heterocycles. The second-order valence-corrected chi connectivity index (χ2v) is 7.16. The lowest BCUT2D eigenvalue weighted by Crippen LogP contribution is -2.15. The molecule has 0 bridgehead atoms. The molecule has 2 aromatic carbocycles. The highest BCUT2D eigenvalue weighted by Gasteiger charge is 2.15. The zero-order valence-electron chi connectivity index (χ0n) is 14.9. The van der Waals surface area contributed by atoms with Crippen molar-refractivity contribution in [2.24, 2.45) is 0 Å². The molecule has 7 heteroatoms. The van der Waals surface area contributed by atoms with Crippen molar-refractivity contribution in [1.82, 2.24) is 9.97 Å². The van der Waals surface area contributed by atoms with E-state index in [9.17, 15) is 4.79 Å². The second-order valence-electron chi connectivity index (χ2n) is 5.81. The number of hydrogen-bond donors (Lipinski definition) is 1. The number of thioether (sulfide) groups is 1. The van der Waals surface area contributed by atoms with Crippen molar-refractivity contribution >= 4 is 35.0 Å². The number of rotatable bonds is 6. The number of benzene rings is 2. The monoisotopic (exact) mass is 399 g/mol. The van der Waals surface area contributed by atoms with Gasteiger partial charge in [0, 0.05) is 11.4 Å². The van der Waals surface area contributed by atoms with Gasteiger partial charge in [0.1, 0.15) is 5.75 Å². The Morgan fingerprint density at radius 2 is 2.00 bits per heavy atom. The van der Waals surface area contributed by atoms with E-state index in [0.717, 1.165) is 0 Å². The smallest absolute Gasteiger partial charge is 0.275 e. The first-order valence-electron chi connectivity index (χ1n) is 8.21. The fourth-order valence-electron chi connectivity index (χ4n) is 2.39. The largest absolute Gasteiger partial charge is 0.497 e. The maximum Gasteiger partial charge on any atom is 0.275 e. The third-order valence-electron chi connectivity index (χ3n) is 3.74. The van der Waals surface area contributed by atoms with E-state index in [1.165, 1.54) is 29.1 Å². The van der Waals surface area contributed by atoms with E-state index in [-0.39, 0.29) is 16.6 Å². The first kappa shape index (κ1) is 19.2. The van der Waals surface area contributed by atoms with Crippen LogP contribution in [0.2, 0.25) is 5.02 Å². The van der Waals surface area contributed by atoms with Gasteiger partial charge in [-0.1, -0.05) is 53.2 Å². The molecule has 1 amide bonds. The highest BCUT2D eigenvalue weighted by molar-refractivity contribution is 7.98. The van der Waals surface area contributed by atoms with Gasteiger partial charge in [-0.25, -0.2) is 9.97 Å². The lowest BCUT2D eigenvalue weighted by atomic mass is 10.2. The maximum atomic E-state index is 12.5. The van der Waals surface area contributed by atoms with Crippen LogP contribution in [-0.2, 0) is 5.75 Å². The van der Waals surface area contributed by atoms with Crippen LogP contribution in [0.15, 0.2) is 59.9 Å². The number of halogens is 1. The highest BCUT2D eigenvalue weighted by atomic mass is 35.5. The molecule has 1 N–H and O–H groups in total. The van der Waals surface area contributed by atoms with Crippen LogP contribution in [0, 0.1) is 6.92 Å². The number of aromatic nitrogens is 2. The lowest BCUT2D eigenvalue weighted by molar-refractivity contribution is 0.102. The van der Waals surface area contributed by atoms with Crippen molar-refractivity contribution in [1.29, 1.82) is 0 Å². The Hall–Kier alpha value is -2.57. The molecule has 0 spiro atoms. The quantitative estimate of drug-likeness (QED) is 0.467. The van der Waals surface area contributed by atoms with E-state index in [4.69, 9.17) is 16.3 Å². The van der Waals surface area contributed by atoms with Crippen LogP contribution < -0.4 is 10.1 Å². The van der Waals surface area contributed by atoms with Crippen LogP contribution in [0.5, 0.6) is 5.75 Å². The van der Waals surface area contributed by atoms with Gasteiger partial charge in [0.25, 0.3) is 5.91 Å². The van der Waals surface area contributed by atoms with Crippen molar-refractivity contribution in [3.63, 3.8) is 0 Å². The van der Waals surface area contributed by atoms with Crippen molar-refractivity contribution in [3.8, 4) is 5.75 Å². The molecule has 0 radical (unpaired) electrons. The summed E-state index contributed by atoms with van der Waals surface area (Å²) in [5.41, 5.74) is 3.14. The summed E-state index contributed by atoms with van der Waals surface area (Å²) in [4.78, 5) is 21.1. The van der Waals surface area contributed by atoms with Crippen LogP contribution >= 0.6 is 23.4 Å². The molecule has 0 unspecified atom stereocenters. The van der Waals surface area contributed by atoms with Crippen LogP contribution in [-0.4, -0.2) is 23.0 Å². The summed E-state index contributed by atoms with van der Waals surface area (Å²) in [7, 11) is 1.59. The van der Waals surface area contributed by atoms with Crippen molar-refractivity contribution in [2.75, 3.05) is 12.4 Å². The molecule has 0 atom stereocenters. The molecule has 3 aromatic rings. The van der Waals surface area contributed by atoms with Gasteiger partial charge in [-0.15, -0.1) is 0 Å². The SMILES string of the molecule is COc1ccc(NC(=O)c2nc(SCc3cccc(C)c3)ncc2Cl)cc1. The molecule has 138 valence electrons. The maximum absolute atomic E-state index is 12.5. The molecule has 0 aliphatic heterocycles. The average molecular weight is 400 g/mol. The first-order chi connectivity index (χ1) is 13.0. The predicted molar refractivity (Wildman–Crippen MR) is 109 cm³/mol. The standard InChI is InChI=1S/C20H18ClN3O2S/c1-13-4-3-5-14(10-13)12-27-20-22-11-17(21)18(24-20)19(25)23-15-6-8-16(26-2)9-7-15/h3-11H,12H2,1-2H3,(H,23,25). The highest BCUT2D eigenvalue weighted by Crippen LogP contribution is 2.23. The summed E-state index contributed by atoms with van der Waals surface area (Å²) < 4.78 is 5.11. The third-order valence-corrected chi connectivity index (χ3v) is 4.94. The van der Waals surface area contributed by atoms with E-state index < -0.39 is 0 Å². The molecule has 0 saturated heterocycles. The minimum atomic E-state index is -0.384. The van der Waals surface area contributed by atoms with Gasteiger partial charge >= 0.3 is 0 Å². The average Bonchev–Trinajstić information content (AvgIpc) is 2.68. The van der Waals surface area contributed by atoms with Gasteiger partial charge in [0.2, 0.25) is 0 Å². The van der Waals surface area contributed by atoms with E-state index in [0.29, 0.717) is 22.3 Å². The summed E-state index contributed by atoms with van der Waals surface area (Å²) in [6.07, 6.45) is 1.45. The number of anilines is 1. The van der Waals surface area contributed by atoms with Crippen LogP contribution in [0.1, 0.15) is 21.6 Å². The van der Waals surface area contributed by atoms with Crippen LogP contribution in [0.25, 0.3) is 0 Å². The normalized spacial score (nSPS) is 10.5. The zero-order valence-corrected chi connectivity index (χ0v) is 16.5. The minimum Gasteiger partial charge on any atom is -0.497 e. The van der Waals surface area contributed by atoms with Gasteiger partial charge in [-0.05, 0) is 36.8 Å². The summed E-state index contributed by atoms with van der Waals surface area (Å²) in [6.45, 7) is 2.05. The predicted octanol–water partition coefficient (Wildman–Crippen LogP) is 4.99. The van der Waals surface area contributed by atoms with Crippen molar-refractivity contribution in [2.45, 2.75) is 17.8 Å². The lowest BCUT2D eigenvalue weighted by Gasteiger charge is -2.08. The molecular formula is C20H18ClN3O2S. The number of methoxy groups -OCH3 is 1. The molecular weight excluding hydrogens is 382 g/mol. The summed E-state index contributed by atoms with van der Waals surface area (Å²) in [6, 6.07) is 15.3. The molecule has 0 fully saturated rings. The fourth-order valence-corrected chi connectivity index (χ4v) is 3.33. The number of aryl methyl sites for hydroxylation is 1. The molecule has 0 aliphatic carbocycles. The number of nitrogens with zero attached hydrogens (tertiary/aromatic N) is 2. The molecule has 3 rings (SSSR count). The fraction of sp³-hybridized carbons (Fsp3) is 0.150. The molecule has 0 saturated carbocycles. The summed E-state index contributed by atoms with van der Waals surface area (Å²) in [5.74, 6) is 1.04. The van der Waals surface area contributed by atoms with Gasteiger partial charge < -0.3 is 10.1 Å². The Balaban J connectivity index is 1.70. The Kier molecular flexibility index (Phi) is 6.32. The number of carbonyl (C=O) groups excluding carboxylic acids is 1. The summed E-state index contributed by atoms with van der Waals surface area (Å²) in [5, 5.41) is 3.49. The molecule has 0 aliphatic rings. The Labute approximate surface area is 167 Å². The number of hydrogen-bond acceptors (Lipinski definition) is 5. The number of carbonyl (C=O) groups is 1. The third kappa shape index (κ3) is 5.21.